The van der Waals surface area contributed by atoms with Gasteiger partial charge in [-0.05, 0) is 79.4 Å². The van der Waals surface area contributed by atoms with Gasteiger partial charge in [0, 0.05) is 10.7 Å². The van der Waals surface area contributed by atoms with E-state index in [1.165, 1.54) is 4.90 Å². The van der Waals surface area contributed by atoms with Crippen LogP contribution < -0.4 is 15.0 Å². The second-order valence-corrected chi connectivity index (χ2v) is 8.23. The fraction of sp³-hybridized carbons (Fsp3) is 0.154. The van der Waals surface area contributed by atoms with Gasteiger partial charge in [0.25, 0.3) is 11.8 Å². The topological polar surface area (TPSA) is 58.6 Å². The zero-order chi connectivity index (χ0) is 23.0. The molecule has 3 aromatic rings. The van der Waals surface area contributed by atoms with Crippen molar-refractivity contribution in [3.8, 4) is 5.75 Å². The van der Waals surface area contributed by atoms with Gasteiger partial charge in [0.1, 0.15) is 11.4 Å². The van der Waals surface area contributed by atoms with E-state index in [4.69, 9.17) is 16.3 Å². The molecule has 1 N–H and O–H groups in total. The molecule has 0 aliphatic carbocycles. The molecule has 0 saturated carbocycles. The number of aryl methyl sites for hydroxylation is 3. The van der Waals surface area contributed by atoms with Crippen molar-refractivity contribution in [2.24, 2.45) is 0 Å². The number of rotatable bonds is 5. The molecule has 3 aromatic carbocycles. The maximum Gasteiger partial charge on any atom is 0.282 e. The Labute approximate surface area is 192 Å². The number of imide groups is 1. The van der Waals surface area contributed by atoms with Crippen molar-refractivity contribution in [3.05, 3.63) is 93.6 Å². The minimum absolute atomic E-state index is 0.239. The number of carbonyl (C=O) groups is 2. The summed E-state index contributed by atoms with van der Waals surface area (Å²) in [5.41, 5.74) is 5.23. The summed E-state index contributed by atoms with van der Waals surface area (Å²) in [6, 6.07) is 18.1. The highest BCUT2D eigenvalue weighted by Crippen LogP contribution is 2.36. The largest absolute Gasteiger partial charge is 0.497 e. The van der Waals surface area contributed by atoms with Gasteiger partial charge in [0.15, 0.2) is 0 Å². The van der Waals surface area contributed by atoms with Crippen LogP contribution in [0.1, 0.15) is 22.3 Å². The van der Waals surface area contributed by atoms with Gasteiger partial charge in [-0.2, -0.15) is 0 Å². The lowest BCUT2D eigenvalue weighted by Crippen LogP contribution is -2.33. The number of halogens is 1. The molecule has 0 atom stereocenters. The molecule has 5 nitrogen and oxygen atoms in total. The highest BCUT2D eigenvalue weighted by Gasteiger charge is 2.41. The van der Waals surface area contributed by atoms with E-state index in [1.807, 2.05) is 39.0 Å². The number of nitrogens with one attached hydrogen (secondary N) is 1. The molecule has 0 saturated heterocycles. The molecule has 2 amide bonds. The van der Waals surface area contributed by atoms with Gasteiger partial charge in [0.05, 0.1) is 18.4 Å². The van der Waals surface area contributed by atoms with Gasteiger partial charge in [0.2, 0.25) is 0 Å². The third-order valence-corrected chi connectivity index (χ3v) is 5.75. The fourth-order valence-electron chi connectivity index (χ4n) is 3.76. The van der Waals surface area contributed by atoms with Crippen molar-refractivity contribution in [3.63, 3.8) is 0 Å². The van der Waals surface area contributed by atoms with Crippen LogP contribution >= 0.6 is 11.6 Å². The van der Waals surface area contributed by atoms with Gasteiger partial charge in [-0.1, -0.05) is 35.9 Å². The van der Waals surface area contributed by atoms with Crippen molar-refractivity contribution in [1.29, 1.82) is 0 Å². The molecule has 0 aromatic heterocycles. The molecule has 0 fully saturated rings. The summed E-state index contributed by atoms with van der Waals surface area (Å²) in [5, 5.41) is 3.79. The lowest BCUT2D eigenvalue weighted by atomic mass is 10.0. The molecule has 0 radical (unpaired) electrons. The Balaban J connectivity index is 1.86. The third-order valence-electron chi connectivity index (χ3n) is 5.52. The van der Waals surface area contributed by atoms with E-state index in [-0.39, 0.29) is 5.70 Å². The predicted octanol–water partition coefficient (Wildman–Crippen LogP) is 5.67. The van der Waals surface area contributed by atoms with Crippen LogP contribution in [0.4, 0.5) is 11.4 Å². The first kappa shape index (κ1) is 21.7. The molecule has 1 aliphatic rings. The molecule has 0 bridgehead atoms. The van der Waals surface area contributed by atoms with Gasteiger partial charge >= 0.3 is 0 Å². The van der Waals surface area contributed by atoms with Crippen LogP contribution in [0, 0.1) is 20.8 Å². The minimum Gasteiger partial charge on any atom is -0.497 e. The van der Waals surface area contributed by atoms with E-state index in [2.05, 4.69) is 5.32 Å². The van der Waals surface area contributed by atoms with E-state index in [1.54, 1.807) is 49.6 Å². The Hall–Kier alpha value is -3.57. The molecule has 4 rings (SSSR count). The fourth-order valence-corrected chi connectivity index (χ4v) is 3.99. The maximum atomic E-state index is 13.6. The van der Waals surface area contributed by atoms with Gasteiger partial charge in [-0.3, -0.25) is 9.59 Å². The average Bonchev–Trinajstić information content (AvgIpc) is 3.00. The molecule has 6 heteroatoms. The van der Waals surface area contributed by atoms with Gasteiger partial charge < -0.3 is 10.1 Å². The Kier molecular flexibility index (Phi) is 5.76. The number of hydrogen-bond acceptors (Lipinski definition) is 4. The first-order chi connectivity index (χ1) is 15.3. The summed E-state index contributed by atoms with van der Waals surface area (Å²) >= 11 is 6.09. The Morgan fingerprint density at radius 2 is 1.56 bits per heavy atom. The van der Waals surface area contributed by atoms with Crippen molar-refractivity contribution in [1.82, 2.24) is 0 Å². The predicted molar refractivity (Wildman–Crippen MR) is 128 cm³/mol. The smallest absolute Gasteiger partial charge is 0.282 e. The number of ether oxygens (including phenoxy) is 1. The van der Waals surface area contributed by atoms with Gasteiger partial charge in [-0.25, -0.2) is 4.90 Å². The number of nitrogens with zero attached hydrogens (tertiary/aromatic N) is 1. The van der Waals surface area contributed by atoms with E-state index in [9.17, 15) is 9.59 Å². The molecule has 1 aliphatic heterocycles. The summed E-state index contributed by atoms with van der Waals surface area (Å²) in [4.78, 5) is 28.4. The molecule has 32 heavy (non-hydrogen) atoms. The zero-order valence-electron chi connectivity index (χ0n) is 18.3. The summed E-state index contributed by atoms with van der Waals surface area (Å²) in [6.45, 7) is 5.76. The molecule has 1 heterocycles. The number of benzene rings is 3. The Morgan fingerprint density at radius 1 is 0.844 bits per heavy atom. The molecular weight excluding hydrogens is 424 g/mol. The van der Waals surface area contributed by atoms with E-state index in [0.29, 0.717) is 27.6 Å². The van der Waals surface area contributed by atoms with Crippen LogP contribution in [0.25, 0.3) is 5.57 Å². The first-order valence-electron chi connectivity index (χ1n) is 10.2. The van der Waals surface area contributed by atoms with Crippen LogP contribution in [0.5, 0.6) is 5.75 Å². The summed E-state index contributed by atoms with van der Waals surface area (Å²) in [6.07, 6.45) is 0. The normalized spacial score (nSPS) is 13.7. The molecular formula is C26H23ClN2O3. The van der Waals surface area contributed by atoms with Crippen molar-refractivity contribution < 1.29 is 14.3 Å². The minimum atomic E-state index is -0.410. The average molecular weight is 447 g/mol. The van der Waals surface area contributed by atoms with Crippen LogP contribution in [-0.4, -0.2) is 18.9 Å². The van der Waals surface area contributed by atoms with Crippen LogP contribution in [0.3, 0.4) is 0 Å². The summed E-state index contributed by atoms with van der Waals surface area (Å²) in [5.74, 6) is -0.133. The van der Waals surface area contributed by atoms with E-state index < -0.39 is 11.8 Å². The van der Waals surface area contributed by atoms with Crippen molar-refractivity contribution in [2.45, 2.75) is 20.8 Å². The summed E-state index contributed by atoms with van der Waals surface area (Å²) in [7, 11) is 1.58. The van der Waals surface area contributed by atoms with Crippen LogP contribution in [-0.2, 0) is 9.59 Å². The third kappa shape index (κ3) is 3.87. The Bertz CT molecular complexity index is 1260. The lowest BCUT2D eigenvalue weighted by molar-refractivity contribution is -0.120. The molecule has 0 unspecified atom stereocenters. The molecule has 162 valence electrons. The van der Waals surface area contributed by atoms with Gasteiger partial charge in [-0.15, -0.1) is 0 Å². The van der Waals surface area contributed by atoms with Crippen molar-refractivity contribution in [2.75, 3.05) is 17.3 Å². The molecule has 0 spiro atoms. The van der Waals surface area contributed by atoms with Crippen LogP contribution in [0.15, 0.2) is 66.4 Å². The van der Waals surface area contributed by atoms with Crippen molar-refractivity contribution >= 4 is 40.4 Å². The zero-order valence-corrected chi connectivity index (χ0v) is 19.1. The standard InChI is InChI=1S/C26H23ClN2O3/c1-15-5-6-16(2)21(13-15)28-24-23(18-7-10-20(32-4)11-8-18)25(30)29(26(24)31)22-12-9-19(27)14-17(22)3/h5-14,28H,1-4H3. The number of carbonyl (C=O) groups excluding carboxylic acids is 2. The van der Waals surface area contributed by atoms with E-state index >= 15 is 0 Å². The maximum absolute atomic E-state index is 13.6. The van der Waals surface area contributed by atoms with E-state index in [0.717, 1.165) is 22.4 Å². The lowest BCUT2D eigenvalue weighted by Gasteiger charge is -2.18. The highest BCUT2D eigenvalue weighted by atomic mass is 35.5. The highest BCUT2D eigenvalue weighted by molar-refractivity contribution is 6.46. The second kappa shape index (κ2) is 8.52. The second-order valence-electron chi connectivity index (χ2n) is 7.80. The summed E-state index contributed by atoms with van der Waals surface area (Å²) < 4.78 is 5.24. The van der Waals surface area contributed by atoms with Crippen LogP contribution in [0.2, 0.25) is 5.02 Å². The quantitative estimate of drug-likeness (QED) is 0.513. The monoisotopic (exact) mass is 446 g/mol. The number of methoxy groups -OCH3 is 1. The number of amides is 2. The Morgan fingerprint density at radius 3 is 2.22 bits per heavy atom. The number of anilines is 2. The number of hydrogen-bond donors (Lipinski definition) is 1. The SMILES string of the molecule is COc1ccc(C2=C(Nc3cc(C)ccc3C)C(=O)N(c3ccc(Cl)cc3C)C2=O)cc1. The first-order valence-corrected chi connectivity index (χ1v) is 10.6.